The van der Waals surface area contributed by atoms with E-state index in [1.165, 1.54) is 12.1 Å². The topological polar surface area (TPSA) is 75.3 Å². The van der Waals surface area contributed by atoms with Gasteiger partial charge in [0.05, 0.1) is 4.90 Å². The van der Waals surface area contributed by atoms with Crippen molar-refractivity contribution in [1.29, 1.82) is 0 Å². The van der Waals surface area contributed by atoms with E-state index in [0.717, 1.165) is 11.8 Å². The molecule has 0 aliphatic heterocycles. The first-order chi connectivity index (χ1) is 9.95. The van der Waals surface area contributed by atoms with Crippen molar-refractivity contribution < 1.29 is 13.2 Å². The molecule has 0 unspecified atom stereocenters. The summed E-state index contributed by atoms with van der Waals surface area (Å²) < 4.78 is 22.9. The first-order valence-corrected chi connectivity index (χ1v) is 8.23. The molecule has 0 aromatic heterocycles. The van der Waals surface area contributed by atoms with Crippen molar-refractivity contribution in [2.24, 2.45) is 0 Å². The van der Waals surface area contributed by atoms with Crippen molar-refractivity contribution in [1.82, 2.24) is 5.32 Å². The first kappa shape index (κ1) is 15.1. The van der Waals surface area contributed by atoms with Crippen molar-refractivity contribution in [3.8, 4) is 0 Å². The normalized spacial score (nSPS) is 10.9. The molecule has 5 nitrogen and oxygen atoms in total. The minimum atomic E-state index is -3.29. The molecule has 0 saturated heterocycles. The van der Waals surface area contributed by atoms with Crippen LogP contribution < -0.4 is 10.6 Å². The zero-order valence-corrected chi connectivity index (χ0v) is 12.4. The summed E-state index contributed by atoms with van der Waals surface area (Å²) in [5.74, 6) is 0. The Balaban J connectivity index is 1.97. The summed E-state index contributed by atoms with van der Waals surface area (Å²) in [5, 5.41) is 5.32. The highest BCUT2D eigenvalue weighted by Gasteiger charge is 2.08. The van der Waals surface area contributed by atoms with Gasteiger partial charge in [-0.3, -0.25) is 0 Å². The Morgan fingerprint density at radius 2 is 1.76 bits per heavy atom. The Morgan fingerprint density at radius 1 is 1.05 bits per heavy atom. The van der Waals surface area contributed by atoms with E-state index >= 15 is 0 Å². The van der Waals surface area contributed by atoms with Gasteiger partial charge < -0.3 is 10.6 Å². The molecule has 0 aliphatic rings. The summed E-state index contributed by atoms with van der Waals surface area (Å²) in [4.78, 5) is 11.9. The van der Waals surface area contributed by atoms with E-state index in [2.05, 4.69) is 10.6 Å². The van der Waals surface area contributed by atoms with Gasteiger partial charge in [-0.15, -0.1) is 0 Å². The summed E-state index contributed by atoms with van der Waals surface area (Å²) in [6, 6.07) is 15.3. The van der Waals surface area contributed by atoms with E-state index in [0.29, 0.717) is 12.2 Å². The average molecular weight is 304 g/mol. The van der Waals surface area contributed by atoms with Gasteiger partial charge in [0.2, 0.25) is 0 Å². The number of hydrogen-bond acceptors (Lipinski definition) is 3. The molecule has 2 N–H and O–H groups in total. The van der Waals surface area contributed by atoms with Gasteiger partial charge in [0.25, 0.3) is 0 Å². The van der Waals surface area contributed by atoms with Gasteiger partial charge in [0.15, 0.2) is 9.84 Å². The SMILES string of the molecule is CS(=O)(=O)c1cccc(NC(=O)NCc2ccccc2)c1. The lowest BCUT2D eigenvalue weighted by Crippen LogP contribution is -2.28. The van der Waals surface area contributed by atoms with E-state index < -0.39 is 9.84 Å². The maximum absolute atomic E-state index is 11.8. The van der Waals surface area contributed by atoms with Crippen LogP contribution in [-0.4, -0.2) is 20.7 Å². The minimum Gasteiger partial charge on any atom is -0.334 e. The van der Waals surface area contributed by atoms with Crippen molar-refractivity contribution in [2.45, 2.75) is 11.4 Å². The van der Waals surface area contributed by atoms with E-state index in [-0.39, 0.29) is 10.9 Å². The Hall–Kier alpha value is -2.34. The second-order valence-electron chi connectivity index (χ2n) is 4.59. The van der Waals surface area contributed by atoms with Gasteiger partial charge in [0.1, 0.15) is 0 Å². The van der Waals surface area contributed by atoms with Crippen LogP contribution in [0.15, 0.2) is 59.5 Å². The maximum atomic E-state index is 11.8. The highest BCUT2D eigenvalue weighted by molar-refractivity contribution is 7.90. The fraction of sp³-hybridized carbons (Fsp3) is 0.133. The molecular formula is C15H16N2O3S. The number of hydrogen-bond donors (Lipinski definition) is 2. The van der Waals surface area contributed by atoms with Crippen molar-refractivity contribution in [3.05, 3.63) is 60.2 Å². The molecule has 0 saturated carbocycles. The van der Waals surface area contributed by atoms with E-state index in [1.807, 2.05) is 30.3 Å². The Morgan fingerprint density at radius 3 is 2.43 bits per heavy atom. The van der Waals surface area contributed by atoms with Crippen LogP contribution in [0.3, 0.4) is 0 Å². The lowest BCUT2D eigenvalue weighted by Gasteiger charge is -2.08. The number of anilines is 1. The zero-order valence-electron chi connectivity index (χ0n) is 11.5. The second-order valence-corrected chi connectivity index (χ2v) is 6.61. The molecular weight excluding hydrogens is 288 g/mol. The molecule has 2 rings (SSSR count). The zero-order chi connectivity index (χ0) is 15.3. The fourth-order valence-electron chi connectivity index (χ4n) is 1.76. The molecule has 2 aromatic rings. The molecule has 0 fully saturated rings. The van der Waals surface area contributed by atoms with Gasteiger partial charge in [-0.1, -0.05) is 36.4 Å². The van der Waals surface area contributed by atoms with Crippen LogP contribution >= 0.6 is 0 Å². The number of rotatable bonds is 4. The molecule has 0 heterocycles. The molecule has 6 heteroatoms. The van der Waals surface area contributed by atoms with E-state index in [4.69, 9.17) is 0 Å². The average Bonchev–Trinajstić information content (AvgIpc) is 2.46. The summed E-state index contributed by atoms with van der Waals surface area (Å²) in [5.41, 5.74) is 1.42. The van der Waals surface area contributed by atoms with Crippen LogP contribution in [0, 0.1) is 0 Å². The third-order valence-electron chi connectivity index (χ3n) is 2.82. The van der Waals surface area contributed by atoms with Crippen LogP contribution in [-0.2, 0) is 16.4 Å². The summed E-state index contributed by atoms with van der Waals surface area (Å²) in [6.45, 7) is 0.401. The van der Waals surface area contributed by atoms with Crippen molar-refractivity contribution in [3.63, 3.8) is 0 Å². The molecule has 0 radical (unpaired) electrons. The Bertz CT molecular complexity index is 728. The lowest BCUT2D eigenvalue weighted by molar-refractivity contribution is 0.251. The molecule has 2 aromatic carbocycles. The highest BCUT2D eigenvalue weighted by Crippen LogP contribution is 2.15. The van der Waals surface area contributed by atoms with Crippen LogP contribution in [0.2, 0.25) is 0 Å². The number of carbonyl (C=O) groups excluding carboxylic acids is 1. The van der Waals surface area contributed by atoms with Crippen LogP contribution in [0.1, 0.15) is 5.56 Å². The largest absolute Gasteiger partial charge is 0.334 e. The molecule has 0 spiro atoms. The molecule has 0 aliphatic carbocycles. The summed E-state index contributed by atoms with van der Waals surface area (Å²) >= 11 is 0. The van der Waals surface area contributed by atoms with Gasteiger partial charge in [-0.05, 0) is 23.8 Å². The number of nitrogens with one attached hydrogen (secondary N) is 2. The van der Waals surface area contributed by atoms with Gasteiger partial charge >= 0.3 is 6.03 Å². The molecule has 0 bridgehead atoms. The number of benzene rings is 2. The standard InChI is InChI=1S/C15H16N2O3S/c1-21(19,20)14-9-5-8-13(10-14)17-15(18)16-11-12-6-3-2-4-7-12/h2-10H,11H2,1H3,(H2,16,17,18). The lowest BCUT2D eigenvalue weighted by atomic mass is 10.2. The predicted octanol–water partition coefficient (Wildman–Crippen LogP) is 2.41. The minimum absolute atomic E-state index is 0.170. The van der Waals surface area contributed by atoms with Crippen LogP contribution in [0.4, 0.5) is 10.5 Å². The van der Waals surface area contributed by atoms with Gasteiger partial charge in [0, 0.05) is 18.5 Å². The molecule has 110 valence electrons. The number of carbonyl (C=O) groups is 1. The van der Waals surface area contributed by atoms with Crippen LogP contribution in [0.5, 0.6) is 0 Å². The fourth-order valence-corrected chi connectivity index (χ4v) is 2.42. The predicted molar refractivity (Wildman–Crippen MR) is 81.9 cm³/mol. The van der Waals surface area contributed by atoms with Crippen LogP contribution in [0.25, 0.3) is 0 Å². The molecule has 0 atom stereocenters. The quantitative estimate of drug-likeness (QED) is 0.911. The Labute approximate surface area is 123 Å². The smallest absolute Gasteiger partial charge is 0.319 e. The second kappa shape index (κ2) is 6.41. The summed E-state index contributed by atoms with van der Waals surface area (Å²) in [6.07, 6.45) is 1.13. The number of amides is 2. The third-order valence-corrected chi connectivity index (χ3v) is 3.93. The summed E-state index contributed by atoms with van der Waals surface area (Å²) in [7, 11) is -3.29. The number of urea groups is 1. The van der Waals surface area contributed by atoms with Gasteiger partial charge in [-0.2, -0.15) is 0 Å². The highest BCUT2D eigenvalue weighted by atomic mass is 32.2. The van der Waals surface area contributed by atoms with Gasteiger partial charge in [-0.25, -0.2) is 13.2 Å². The Kier molecular flexibility index (Phi) is 4.59. The van der Waals surface area contributed by atoms with Crippen molar-refractivity contribution in [2.75, 3.05) is 11.6 Å². The first-order valence-electron chi connectivity index (χ1n) is 6.34. The maximum Gasteiger partial charge on any atom is 0.319 e. The number of sulfone groups is 1. The molecule has 21 heavy (non-hydrogen) atoms. The third kappa shape index (κ3) is 4.61. The molecule has 2 amide bonds. The van der Waals surface area contributed by atoms with E-state index in [1.54, 1.807) is 12.1 Å². The van der Waals surface area contributed by atoms with Crippen molar-refractivity contribution >= 4 is 21.6 Å². The monoisotopic (exact) mass is 304 g/mol. The van der Waals surface area contributed by atoms with E-state index in [9.17, 15) is 13.2 Å².